The Hall–Kier alpha value is -1.17. The molecule has 5 heteroatoms. The zero-order valence-electron chi connectivity index (χ0n) is 11.6. The molecule has 1 aliphatic rings. The summed E-state index contributed by atoms with van der Waals surface area (Å²) in [4.78, 5) is 5.91. The summed E-state index contributed by atoms with van der Waals surface area (Å²) >= 11 is 5.31. The number of aromatic nitrogens is 2. The van der Waals surface area contributed by atoms with Gasteiger partial charge < -0.3 is 9.88 Å². The van der Waals surface area contributed by atoms with E-state index in [0.29, 0.717) is 0 Å². The third-order valence-electron chi connectivity index (χ3n) is 3.83. The number of nitrogens with zero attached hydrogens (tertiary/aromatic N) is 2. The molecule has 3 aromatic rings. The van der Waals surface area contributed by atoms with Crippen molar-refractivity contribution in [2.75, 3.05) is 0 Å². The number of rotatable bonds is 5. The standard InChI is InChI=1S/C16H16BrN3S/c17-15-6-5-13(21-15)10-20-9-11(8-19-12-3-4-12)14-2-1-7-18-16(14)20/h1-2,5-7,9,12,19H,3-4,8,10H2. The van der Waals surface area contributed by atoms with Crippen LogP contribution < -0.4 is 5.32 Å². The summed E-state index contributed by atoms with van der Waals surface area (Å²) in [6.07, 6.45) is 6.77. The van der Waals surface area contributed by atoms with Gasteiger partial charge in [0.05, 0.1) is 10.3 Å². The SMILES string of the molecule is Brc1ccc(Cn2cc(CNC3CC3)c3cccnc32)s1. The fourth-order valence-electron chi connectivity index (χ4n) is 2.60. The van der Waals surface area contributed by atoms with Gasteiger partial charge in [0.1, 0.15) is 5.65 Å². The zero-order chi connectivity index (χ0) is 14.2. The Labute approximate surface area is 136 Å². The molecule has 21 heavy (non-hydrogen) atoms. The summed E-state index contributed by atoms with van der Waals surface area (Å²) in [6.45, 7) is 1.82. The van der Waals surface area contributed by atoms with Crippen LogP contribution in [-0.2, 0) is 13.1 Å². The van der Waals surface area contributed by atoms with Gasteiger partial charge in [0, 0.05) is 35.2 Å². The first-order chi connectivity index (χ1) is 10.3. The van der Waals surface area contributed by atoms with Crippen LogP contribution in [0, 0.1) is 0 Å². The van der Waals surface area contributed by atoms with E-state index in [4.69, 9.17) is 0 Å². The van der Waals surface area contributed by atoms with Crippen molar-refractivity contribution < 1.29 is 0 Å². The molecule has 0 radical (unpaired) electrons. The van der Waals surface area contributed by atoms with Crippen molar-refractivity contribution >= 4 is 38.3 Å². The summed E-state index contributed by atoms with van der Waals surface area (Å²) in [5.41, 5.74) is 2.43. The van der Waals surface area contributed by atoms with Crippen LogP contribution in [0.25, 0.3) is 11.0 Å². The molecule has 1 N–H and O–H groups in total. The van der Waals surface area contributed by atoms with E-state index in [1.165, 1.54) is 32.5 Å². The molecule has 4 rings (SSSR count). The highest BCUT2D eigenvalue weighted by atomic mass is 79.9. The average molecular weight is 362 g/mol. The summed E-state index contributed by atoms with van der Waals surface area (Å²) in [5.74, 6) is 0. The number of nitrogens with one attached hydrogen (secondary N) is 1. The van der Waals surface area contributed by atoms with Crippen molar-refractivity contribution in [2.24, 2.45) is 0 Å². The molecule has 0 atom stereocenters. The van der Waals surface area contributed by atoms with Crippen LogP contribution in [0.1, 0.15) is 23.3 Å². The van der Waals surface area contributed by atoms with E-state index in [2.05, 4.69) is 55.2 Å². The summed E-state index contributed by atoms with van der Waals surface area (Å²) < 4.78 is 3.44. The van der Waals surface area contributed by atoms with Crippen molar-refractivity contribution in [1.29, 1.82) is 0 Å². The van der Waals surface area contributed by atoms with Crippen molar-refractivity contribution in [3.8, 4) is 0 Å². The van der Waals surface area contributed by atoms with Crippen LogP contribution in [0.4, 0.5) is 0 Å². The van der Waals surface area contributed by atoms with E-state index < -0.39 is 0 Å². The number of pyridine rings is 1. The van der Waals surface area contributed by atoms with E-state index in [1.807, 2.05) is 12.3 Å². The number of fused-ring (bicyclic) bond motifs is 1. The Morgan fingerprint density at radius 3 is 3.00 bits per heavy atom. The van der Waals surface area contributed by atoms with Crippen LogP contribution in [0.2, 0.25) is 0 Å². The Kier molecular flexibility index (Phi) is 3.57. The molecule has 0 aliphatic heterocycles. The fraction of sp³-hybridized carbons (Fsp3) is 0.312. The molecule has 0 amide bonds. The molecule has 0 spiro atoms. The second-order valence-electron chi connectivity index (χ2n) is 5.52. The van der Waals surface area contributed by atoms with E-state index >= 15 is 0 Å². The van der Waals surface area contributed by atoms with Crippen LogP contribution in [-0.4, -0.2) is 15.6 Å². The lowest BCUT2D eigenvalue weighted by atomic mass is 10.2. The molecule has 3 aromatic heterocycles. The zero-order valence-corrected chi connectivity index (χ0v) is 14.0. The minimum absolute atomic E-state index is 0.730. The van der Waals surface area contributed by atoms with Gasteiger partial charge in [-0.15, -0.1) is 11.3 Å². The highest BCUT2D eigenvalue weighted by Gasteiger charge is 2.21. The molecular formula is C16H16BrN3S. The molecular weight excluding hydrogens is 346 g/mol. The molecule has 108 valence electrons. The Balaban J connectivity index is 1.66. The molecule has 1 aliphatic carbocycles. The maximum absolute atomic E-state index is 4.58. The summed E-state index contributed by atoms with van der Waals surface area (Å²) in [5, 5.41) is 4.87. The van der Waals surface area contributed by atoms with Crippen LogP contribution in [0.3, 0.4) is 0 Å². The second kappa shape index (κ2) is 5.55. The highest BCUT2D eigenvalue weighted by Crippen LogP contribution is 2.26. The molecule has 0 aromatic carbocycles. The first-order valence-corrected chi connectivity index (χ1v) is 8.81. The van der Waals surface area contributed by atoms with Crippen molar-refractivity contribution in [1.82, 2.24) is 14.9 Å². The summed E-state index contributed by atoms with van der Waals surface area (Å²) in [7, 11) is 0. The number of hydrogen-bond acceptors (Lipinski definition) is 3. The van der Waals surface area contributed by atoms with Gasteiger partial charge in [-0.05, 0) is 58.6 Å². The maximum Gasteiger partial charge on any atom is 0.140 e. The lowest BCUT2D eigenvalue weighted by Gasteiger charge is -2.01. The smallest absolute Gasteiger partial charge is 0.140 e. The average Bonchev–Trinajstić information content (AvgIpc) is 3.15. The van der Waals surface area contributed by atoms with Gasteiger partial charge in [-0.1, -0.05) is 0 Å². The number of hydrogen-bond donors (Lipinski definition) is 1. The van der Waals surface area contributed by atoms with E-state index in [-0.39, 0.29) is 0 Å². The van der Waals surface area contributed by atoms with Crippen molar-refractivity contribution in [3.05, 3.63) is 50.9 Å². The molecule has 0 bridgehead atoms. The molecule has 0 saturated heterocycles. The molecule has 1 fully saturated rings. The topological polar surface area (TPSA) is 29.9 Å². The number of thiophene rings is 1. The van der Waals surface area contributed by atoms with Crippen LogP contribution in [0.15, 0.2) is 40.4 Å². The molecule has 0 unspecified atom stereocenters. The lowest BCUT2D eigenvalue weighted by Crippen LogP contribution is -2.14. The first kappa shape index (κ1) is 13.5. The monoisotopic (exact) mass is 361 g/mol. The van der Waals surface area contributed by atoms with Gasteiger partial charge in [-0.3, -0.25) is 0 Å². The van der Waals surface area contributed by atoms with Crippen LogP contribution in [0.5, 0.6) is 0 Å². The predicted molar refractivity (Wildman–Crippen MR) is 90.7 cm³/mol. The fourth-order valence-corrected chi connectivity index (χ4v) is 4.09. The van der Waals surface area contributed by atoms with Gasteiger partial charge >= 0.3 is 0 Å². The Morgan fingerprint density at radius 1 is 1.33 bits per heavy atom. The molecule has 3 heterocycles. The third kappa shape index (κ3) is 2.91. The summed E-state index contributed by atoms with van der Waals surface area (Å²) in [6, 6.07) is 9.20. The minimum Gasteiger partial charge on any atom is -0.327 e. The largest absolute Gasteiger partial charge is 0.327 e. The van der Waals surface area contributed by atoms with E-state index in [0.717, 1.165) is 24.8 Å². The minimum atomic E-state index is 0.730. The second-order valence-corrected chi connectivity index (χ2v) is 8.07. The Morgan fingerprint density at radius 2 is 2.24 bits per heavy atom. The van der Waals surface area contributed by atoms with Gasteiger partial charge in [-0.2, -0.15) is 0 Å². The maximum atomic E-state index is 4.58. The van der Waals surface area contributed by atoms with E-state index in [9.17, 15) is 0 Å². The van der Waals surface area contributed by atoms with Gasteiger partial charge in [0.25, 0.3) is 0 Å². The van der Waals surface area contributed by atoms with Gasteiger partial charge in [-0.25, -0.2) is 4.98 Å². The van der Waals surface area contributed by atoms with E-state index in [1.54, 1.807) is 11.3 Å². The third-order valence-corrected chi connectivity index (χ3v) is 5.44. The van der Waals surface area contributed by atoms with Crippen molar-refractivity contribution in [3.63, 3.8) is 0 Å². The van der Waals surface area contributed by atoms with Crippen molar-refractivity contribution in [2.45, 2.75) is 32.0 Å². The van der Waals surface area contributed by atoms with Gasteiger partial charge in [0.2, 0.25) is 0 Å². The highest BCUT2D eigenvalue weighted by molar-refractivity contribution is 9.11. The first-order valence-electron chi connectivity index (χ1n) is 7.20. The Bertz CT molecular complexity index is 773. The van der Waals surface area contributed by atoms with Gasteiger partial charge in [0.15, 0.2) is 0 Å². The molecule has 3 nitrogen and oxygen atoms in total. The quantitative estimate of drug-likeness (QED) is 0.739. The molecule has 1 saturated carbocycles. The van der Waals surface area contributed by atoms with Crippen LogP contribution >= 0.6 is 27.3 Å². The lowest BCUT2D eigenvalue weighted by molar-refractivity contribution is 0.687. The predicted octanol–water partition coefficient (Wildman–Crippen LogP) is 4.16. The normalized spacial score (nSPS) is 14.9. The number of halogens is 1.